The summed E-state index contributed by atoms with van der Waals surface area (Å²) >= 11 is 0. The minimum Gasteiger partial charge on any atom is -0.392 e. The first-order chi connectivity index (χ1) is 13.8. The van der Waals surface area contributed by atoms with Crippen LogP contribution in [0.3, 0.4) is 0 Å². The van der Waals surface area contributed by atoms with Crippen LogP contribution in [0.5, 0.6) is 0 Å². The number of hydrogen-bond acceptors (Lipinski definition) is 4. The van der Waals surface area contributed by atoms with Crippen LogP contribution in [0.15, 0.2) is 47.4 Å². The van der Waals surface area contributed by atoms with Crippen molar-refractivity contribution >= 4 is 9.84 Å². The summed E-state index contributed by atoms with van der Waals surface area (Å²) < 4.78 is 41.6. The molecule has 0 amide bonds. The van der Waals surface area contributed by atoms with E-state index in [2.05, 4.69) is 0 Å². The van der Waals surface area contributed by atoms with Crippen molar-refractivity contribution in [2.24, 2.45) is 5.41 Å². The van der Waals surface area contributed by atoms with Crippen molar-refractivity contribution < 1.29 is 23.0 Å². The van der Waals surface area contributed by atoms with Crippen LogP contribution in [0.2, 0.25) is 0 Å². The third kappa shape index (κ3) is 3.98. The van der Waals surface area contributed by atoms with E-state index in [9.17, 15) is 23.0 Å². The standard InChI is InChI=1S/C23H29FO4S/c1-3-5-12-23(4-2)15-29(27,28)20-11-10-16(14-25)13-18(20)21(22(23)26)17-8-6-7-9-19(17)24/h6-11,13,21-22,25-26H,3-5,12,14-15H2,1-2H3/t21-,22-,23-/m1/s1. The van der Waals surface area contributed by atoms with Crippen LogP contribution >= 0.6 is 0 Å². The Kier molecular flexibility index (Phi) is 6.46. The summed E-state index contributed by atoms with van der Waals surface area (Å²) in [5, 5.41) is 21.2. The molecule has 0 bridgehead atoms. The molecule has 1 aliphatic rings. The molecule has 2 aromatic rings. The number of fused-ring (bicyclic) bond motifs is 1. The number of aliphatic hydroxyl groups excluding tert-OH is 2. The Balaban J connectivity index is 2.33. The predicted octanol–water partition coefficient (Wildman–Crippen LogP) is 4.18. The quantitative estimate of drug-likeness (QED) is 0.735. The second-order valence-electron chi connectivity index (χ2n) is 8.05. The first kappa shape index (κ1) is 21.9. The SMILES string of the molecule is CCCC[C@]1(CC)CS(=O)(=O)c2ccc(CO)cc2[C@@H](c2ccccc2F)[C@H]1O. The van der Waals surface area contributed by atoms with Gasteiger partial charge >= 0.3 is 0 Å². The van der Waals surface area contributed by atoms with Gasteiger partial charge < -0.3 is 10.2 Å². The molecule has 1 heterocycles. The van der Waals surface area contributed by atoms with Gasteiger partial charge in [-0.25, -0.2) is 12.8 Å². The van der Waals surface area contributed by atoms with Crippen molar-refractivity contribution in [1.82, 2.24) is 0 Å². The molecular weight excluding hydrogens is 391 g/mol. The minimum absolute atomic E-state index is 0.119. The van der Waals surface area contributed by atoms with Gasteiger partial charge in [-0.1, -0.05) is 57.0 Å². The average Bonchev–Trinajstić information content (AvgIpc) is 2.78. The fourth-order valence-electron chi connectivity index (χ4n) is 4.59. The Hall–Kier alpha value is -1.76. The lowest BCUT2D eigenvalue weighted by molar-refractivity contribution is 0.0167. The van der Waals surface area contributed by atoms with Crippen LogP contribution < -0.4 is 0 Å². The number of unbranched alkanes of at least 4 members (excludes halogenated alkanes) is 1. The highest BCUT2D eigenvalue weighted by Crippen LogP contribution is 2.49. The summed E-state index contributed by atoms with van der Waals surface area (Å²) in [4.78, 5) is 0.119. The lowest BCUT2D eigenvalue weighted by Crippen LogP contribution is -2.42. The summed E-state index contributed by atoms with van der Waals surface area (Å²) in [5.74, 6) is -1.47. The molecule has 0 aliphatic carbocycles. The van der Waals surface area contributed by atoms with E-state index in [1.54, 1.807) is 30.3 Å². The molecule has 6 heteroatoms. The molecule has 0 radical (unpaired) electrons. The molecule has 2 N–H and O–H groups in total. The molecule has 4 nitrogen and oxygen atoms in total. The third-order valence-electron chi connectivity index (χ3n) is 6.32. The van der Waals surface area contributed by atoms with Crippen LogP contribution in [0.25, 0.3) is 0 Å². The van der Waals surface area contributed by atoms with Gasteiger partial charge in [0.2, 0.25) is 0 Å². The number of halogens is 1. The van der Waals surface area contributed by atoms with Crippen LogP contribution in [0.1, 0.15) is 62.1 Å². The monoisotopic (exact) mass is 420 g/mol. The van der Waals surface area contributed by atoms with E-state index < -0.39 is 33.1 Å². The molecule has 0 unspecified atom stereocenters. The Morgan fingerprint density at radius 3 is 2.48 bits per heavy atom. The first-order valence-corrected chi connectivity index (χ1v) is 11.8. The van der Waals surface area contributed by atoms with Gasteiger partial charge in [0.05, 0.1) is 23.4 Å². The van der Waals surface area contributed by atoms with Gasteiger partial charge in [-0.05, 0) is 41.7 Å². The first-order valence-electron chi connectivity index (χ1n) is 10.2. The van der Waals surface area contributed by atoms with Crippen LogP contribution in [0.4, 0.5) is 4.39 Å². The van der Waals surface area contributed by atoms with Gasteiger partial charge in [0.25, 0.3) is 0 Å². The Morgan fingerprint density at radius 1 is 1.14 bits per heavy atom. The fourth-order valence-corrected chi connectivity index (χ4v) is 6.84. The van der Waals surface area contributed by atoms with E-state index in [4.69, 9.17) is 0 Å². The Bertz CT molecular complexity index is 973. The van der Waals surface area contributed by atoms with E-state index in [1.165, 1.54) is 12.1 Å². The van der Waals surface area contributed by atoms with Crippen LogP contribution in [-0.2, 0) is 16.4 Å². The fraction of sp³-hybridized carbons (Fsp3) is 0.478. The molecule has 0 saturated heterocycles. The maximum absolute atomic E-state index is 14.8. The molecule has 0 spiro atoms. The van der Waals surface area contributed by atoms with Crippen molar-refractivity contribution in [3.63, 3.8) is 0 Å². The molecule has 0 fully saturated rings. The van der Waals surface area contributed by atoms with Crippen molar-refractivity contribution in [2.45, 2.75) is 63.1 Å². The topological polar surface area (TPSA) is 74.6 Å². The van der Waals surface area contributed by atoms with Crippen molar-refractivity contribution in [1.29, 1.82) is 0 Å². The molecule has 3 rings (SSSR count). The molecule has 2 aromatic carbocycles. The lowest BCUT2D eigenvalue weighted by atomic mass is 9.69. The maximum atomic E-state index is 14.8. The summed E-state index contributed by atoms with van der Waals surface area (Å²) in [5.41, 5.74) is 0.300. The summed E-state index contributed by atoms with van der Waals surface area (Å²) in [6, 6.07) is 10.9. The second kappa shape index (κ2) is 8.54. The largest absolute Gasteiger partial charge is 0.392 e. The van der Waals surface area contributed by atoms with E-state index >= 15 is 0 Å². The van der Waals surface area contributed by atoms with Crippen molar-refractivity contribution in [2.75, 3.05) is 5.75 Å². The molecule has 158 valence electrons. The smallest absolute Gasteiger partial charge is 0.179 e. The molecular formula is C23H29FO4S. The van der Waals surface area contributed by atoms with E-state index in [0.29, 0.717) is 24.0 Å². The van der Waals surface area contributed by atoms with Crippen molar-refractivity contribution in [3.05, 3.63) is 65.0 Å². The number of sulfone groups is 1. The summed E-state index contributed by atoms with van der Waals surface area (Å²) in [7, 11) is -3.70. The zero-order valence-electron chi connectivity index (χ0n) is 16.9. The second-order valence-corrected chi connectivity index (χ2v) is 10.0. The lowest BCUT2D eigenvalue weighted by Gasteiger charge is -2.39. The van der Waals surface area contributed by atoms with Gasteiger partial charge in [-0.15, -0.1) is 0 Å². The number of benzene rings is 2. The van der Waals surface area contributed by atoms with Gasteiger partial charge in [0.15, 0.2) is 9.84 Å². The average molecular weight is 421 g/mol. The molecule has 1 aliphatic heterocycles. The highest BCUT2D eigenvalue weighted by Gasteiger charge is 2.49. The number of rotatable bonds is 6. The Morgan fingerprint density at radius 2 is 1.86 bits per heavy atom. The number of hydrogen-bond donors (Lipinski definition) is 2. The van der Waals surface area contributed by atoms with Gasteiger partial charge in [0, 0.05) is 11.3 Å². The highest BCUT2D eigenvalue weighted by molar-refractivity contribution is 7.91. The molecule has 29 heavy (non-hydrogen) atoms. The maximum Gasteiger partial charge on any atom is 0.179 e. The predicted molar refractivity (Wildman–Crippen MR) is 111 cm³/mol. The summed E-state index contributed by atoms with van der Waals surface area (Å²) in [6.45, 7) is 3.65. The normalized spacial score (nSPS) is 26.0. The molecule has 3 atom stereocenters. The van der Waals surface area contributed by atoms with E-state index in [0.717, 1.165) is 12.8 Å². The zero-order chi connectivity index (χ0) is 21.2. The van der Waals surface area contributed by atoms with Crippen molar-refractivity contribution in [3.8, 4) is 0 Å². The van der Waals surface area contributed by atoms with Crippen LogP contribution in [-0.4, -0.2) is 30.5 Å². The van der Waals surface area contributed by atoms with Gasteiger partial charge in [-0.2, -0.15) is 0 Å². The zero-order valence-corrected chi connectivity index (χ0v) is 17.8. The highest BCUT2D eigenvalue weighted by atomic mass is 32.2. The Labute approximate surface area is 172 Å². The molecule has 0 saturated carbocycles. The molecule has 0 aromatic heterocycles. The van der Waals surface area contributed by atoms with E-state index in [-0.39, 0.29) is 22.8 Å². The van der Waals surface area contributed by atoms with Gasteiger partial charge in [-0.3, -0.25) is 0 Å². The van der Waals surface area contributed by atoms with E-state index in [1.807, 2.05) is 13.8 Å². The van der Waals surface area contributed by atoms with Gasteiger partial charge in [0.1, 0.15) is 5.82 Å². The third-order valence-corrected chi connectivity index (χ3v) is 8.32. The summed E-state index contributed by atoms with van der Waals surface area (Å²) in [6.07, 6.45) is 1.61. The minimum atomic E-state index is -3.70. The number of aliphatic hydroxyl groups is 2. The van der Waals surface area contributed by atoms with Crippen LogP contribution in [0, 0.1) is 11.2 Å².